The van der Waals surface area contributed by atoms with Crippen LogP contribution in [0.2, 0.25) is 0 Å². The van der Waals surface area contributed by atoms with Gasteiger partial charge in [0.2, 0.25) is 7.85 Å². The van der Waals surface area contributed by atoms with Crippen LogP contribution in [0.5, 0.6) is 0 Å². The summed E-state index contributed by atoms with van der Waals surface area (Å²) in [7, 11) is 5.56. The molecule has 2 fully saturated rings. The highest BCUT2D eigenvalue weighted by molar-refractivity contribution is 6.57. The highest BCUT2D eigenvalue weighted by Crippen LogP contribution is 2.41. The van der Waals surface area contributed by atoms with Crippen molar-refractivity contribution < 1.29 is 14.3 Å². The van der Waals surface area contributed by atoms with E-state index in [1.54, 1.807) is 11.8 Å². The number of amides is 1. The van der Waals surface area contributed by atoms with Gasteiger partial charge in [-0.25, -0.2) is 0 Å². The molecule has 2 radical (unpaired) electrons. The molecule has 1 aliphatic carbocycles. The molecule has 22 heavy (non-hydrogen) atoms. The molecular weight excluding hydrogens is 277 g/mol. The standard InChI is InChI=1S/C17H28BNO3/c1-5-14-15(22-17(3,4)19(14)16(18)21)10-12-8-6-7-9-13(12)11(2)20/h12-15H,5-10H2,1-4H3. The maximum Gasteiger partial charge on any atom is 0.200 e. The van der Waals surface area contributed by atoms with Crippen LogP contribution < -0.4 is 0 Å². The van der Waals surface area contributed by atoms with Gasteiger partial charge in [0.05, 0.1) is 12.1 Å². The van der Waals surface area contributed by atoms with Crippen molar-refractivity contribution in [3.63, 3.8) is 0 Å². The molecule has 0 bridgehead atoms. The zero-order valence-electron chi connectivity index (χ0n) is 14.3. The maximum atomic E-state index is 11.9. The quantitative estimate of drug-likeness (QED) is 0.749. The third-order valence-corrected chi connectivity index (χ3v) is 5.40. The van der Waals surface area contributed by atoms with E-state index in [1.807, 2.05) is 13.8 Å². The first-order chi connectivity index (χ1) is 10.3. The zero-order chi connectivity index (χ0) is 16.5. The Morgan fingerprint density at radius 3 is 2.45 bits per heavy atom. The largest absolute Gasteiger partial charge is 0.351 e. The molecule has 0 aromatic rings. The second-order valence-corrected chi connectivity index (χ2v) is 7.28. The summed E-state index contributed by atoms with van der Waals surface area (Å²) < 4.78 is 6.17. The lowest BCUT2D eigenvalue weighted by molar-refractivity contribution is -0.124. The van der Waals surface area contributed by atoms with Crippen LogP contribution in [0.25, 0.3) is 0 Å². The van der Waals surface area contributed by atoms with Gasteiger partial charge in [-0.05, 0) is 52.4 Å². The van der Waals surface area contributed by atoms with Crippen LogP contribution in [0, 0.1) is 11.8 Å². The van der Waals surface area contributed by atoms with E-state index in [4.69, 9.17) is 12.6 Å². The van der Waals surface area contributed by atoms with E-state index < -0.39 is 11.5 Å². The van der Waals surface area contributed by atoms with Crippen molar-refractivity contribution in [2.24, 2.45) is 11.8 Å². The normalized spacial score (nSPS) is 34.6. The van der Waals surface area contributed by atoms with Crippen LogP contribution >= 0.6 is 0 Å². The fourth-order valence-corrected chi connectivity index (χ4v) is 4.47. The molecule has 4 unspecified atom stereocenters. The minimum absolute atomic E-state index is 0.00188. The van der Waals surface area contributed by atoms with Crippen LogP contribution in [0.1, 0.15) is 66.2 Å². The molecule has 0 spiro atoms. The zero-order valence-corrected chi connectivity index (χ0v) is 14.3. The van der Waals surface area contributed by atoms with E-state index in [-0.39, 0.29) is 18.1 Å². The molecule has 0 N–H and O–H groups in total. The molecule has 5 heteroatoms. The van der Waals surface area contributed by atoms with Gasteiger partial charge in [0.1, 0.15) is 11.5 Å². The number of ketones is 1. The Hall–Kier alpha value is -0.835. The lowest BCUT2D eigenvalue weighted by atomic mass is 9.74. The summed E-state index contributed by atoms with van der Waals surface area (Å²) in [6.07, 6.45) is 6.02. The number of carbonyl (C=O) groups excluding carboxylic acids is 2. The lowest BCUT2D eigenvalue weighted by Crippen LogP contribution is -2.47. The van der Waals surface area contributed by atoms with E-state index in [1.165, 1.54) is 6.42 Å². The van der Waals surface area contributed by atoms with Gasteiger partial charge in [-0.3, -0.25) is 9.59 Å². The number of carbonyl (C=O) groups is 2. The summed E-state index contributed by atoms with van der Waals surface area (Å²) in [6, 6.07) is 0.00188. The van der Waals surface area contributed by atoms with Gasteiger partial charge in [0.25, 0.3) is 0 Å². The molecule has 1 aliphatic heterocycles. The minimum atomic E-state index is -0.669. The highest BCUT2D eigenvalue weighted by Gasteiger charge is 2.48. The summed E-state index contributed by atoms with van der Waals surface area (Å²) >= 11 is 0. The third kappa shape index (κ3) is 3.39. The van der Waals surface area contributed by atoms with Gasteiger partial charge in [-0.1, -0.05) is 19.8 Å². The fourth-order valence-electron chi connectivity index (χ4n) is 4.47. The van der Waals surface area contributed by atoms with E-state index >= 15 is 0 Å². The number of Topliss-reactive ketones (excluding diaryl/α,β-unsaturated/α-hetero) is 1. The first kappa shape index (κ1) is 17.5. The Labute approximate surface area is 135 Å². The number of hydrogen-bond acceptors (Lipinski definition) is 3. The van der Waals surface area contributed by atoms with Crippen LogP contribution in [0.3, 0.4) is 0 Å². The SMILES string of the molecule is [B]C(=O)N1C(CC)C(CC2CCCCC2C(C)=O)OC1(C)C. The lowest BCUT2D eigenvalue weighted by Gasteiger charge is -2.34. The molecule has 2 aliphatic rings. The van der Waals surface area contributed by atoms with Crippen LogP contribution in [-0.4, -0.2) is 42.2 Å². The first-order valence-electron chi connectivity index (χ1n) is 8.55. The van der Waals surface area contributed by atoms with Gasteiger partial charge in [-0.15, -0.1) is 0 Å². The van der Waals surface area contributed by atoms with Crippen LogP contribution in [0.4, 0.5) is 4.79 Å². The van der Waals surface area contributed by atoms with Gasteiger partial charge in [0.15, 0.2) is 5.81 Å². The summed E-state index contributed by atoms with van der Waals surface area (Å²) in [5.41, 5.74) is -0.669. The summed E-state index contributed by atoms with van der Waals surface area (Å²) in [4.78, 5) is 25.4. The van der Waals surface area contributed by atoms with Gasteiger partial charge in [-0.2, -0.15) is 0 Å². The molecule has 4 atom stereocenters. The van der Waals surface area contributed by atoms with Crippen molar-refractivity contribution in [3.8, 4) is 0 Å². The molecule has 1 heterocycles. The maximum absolute atomic E-state index is 11.9. The van der Waals surface area contributed by atoms with Gasteiger partial charge < -0.3 is 9.64 Å². The minimum Gasteiger partial charge on any atom is -0.351 e. The van der Waals surface area contributed by atoms with E-state index in [0.29, 0.717) is 11.7 Å². The Morgan fingerprint density at radius 2 is 1.91 bits per heavy atom. The predicted molar refractivity (Wildman–Crippen MR) is 86.8 cm³/mol. The molecule has 4 nitrogen and oxygen atoms in total. The van der Waals surface area contributed by atoms with E-state index in [0.717, 1.165) is 32.1 Å². The third-order valence-electron chi connectivity index (χ3n) is 5.40. The first-order valence-corrected chi connectivity index (χ1v) is 8.55. The number of rotatable bonds is 4. The van der Waals surface area contributed by atoms with Crippen molar-refractivity contribution in [3.05, 3.63) is 0 Å². The average molecular weight is 305 g/mol. The molecular formula is C17H28BNO3. The molecule has 2 rings (SSSR count). The number of hydrogen-bond donors (Lipinski definition) is 0. The average Bonchev–Trinajstić information content (AvgIpc) is 2.69. The highest BCUT2D eigenvalue weighted by atomic mass is 16.5. The number of ether oxygens (including phenoxy) is 1. The topological polar surface area (TPSA) is 46.6 Å². The summed E-state index contributed by atoms with van der Waals surface area (Å²) in [5, 5.41) is 0. The molecule has 1 saturated heterocycles. The van der Waals surface area contributed by atoms with Crippen molar-refractivity contribution in [1.82, 2.24) is 4.90 Å². The van der Waals surface area contributed by atoms with Gasteiger partial charge >= 0.3 is 0 Å². The molecule has 1 saturated carbocycles. The van der Waals surface area contributed by atoms with Gasteiger partial charge in [0, 0.05) is 5.92 Å². The Morgan fingerprint density at radius 1 is 1.27 bits per heavy atom. The molecule has 122 valence electrons. The van der Waals surface area contributed by atoms with Crippen LogP contribution in [-0.2, 0) is 9.53 Å². The van der Waals surface area contributed by atoms with E-state index in [2.05, 4.69) is 6.92 Å². The van der Waals surface area contributed by atoms with Crippen molar-refractivity contribution in [2.45, 2.75) is 84.1 Å². The fraction of sp³-hybridized carbons (Fsp3) is 0.882. The van der Waals surface area contributed by atoms with Crippen molar-refractivity contribution in [1.29, 1.82) is 0 Å². The molecule has 0 aromatic heterocycles. The number of nitrogens with zero attached hydrogens (tertiary/aromatic N) is 1. The predicted octanol–water partition coefficient (Wildman–Crippen LogP) is 3.28. The van der Waals surface area contributed by atoms with Crippen molar-refractivity contribution in [2.75, 3.05) is 0 Å². The monoisotopic (exact) mass is 305 g/mol. The van der Waals surface area contributed by atoms with E-state index in [9.17, 15) is 9.59 Å². The second kappa shape index (κ2) is 6.73. The molecule has 0 aromatic carbocycles. The van der Waals surface area contributed by atoms with Crippen molar-refractivity contribution >= 4 is 19.4 Å². The molecule has 1 amide bonds. The summed E-state index contributed by atoms with van der Waals surface area (Å²) in [6.45, 7) is 7.55. The van der Waals surface area contributed by atoms with Crippen LogP contribution in [0.15, 0.2) is 0 Å². The Kier molecular flexibility index (Phi) is 5.36. The second-order valence-electron chi connectivity index (χ2n) is 7.28. The summed E-state index contributed by atoms with van der Waals surface area (Å²) in [5.74, 6) is 0.391. The smallest absolute Gasteiger partial charge is 0.200 e. The Bertz CT molecular complexity index is 438. The Balaban J connectivity index is 2.14.